The van der Waals surface area contributed by atoms with Crippen LogP contribution in [0.2, 0.25) is 0 Å². The van der Waals surface area contributed by atoms with Crippen molar-refractivity contribution < 1.29 is 28.5 Å². The Hall–Kier alpha value is -0.950. The zero-order valence-corrected chi connectivity index (χ0v) is 17.5. The standard InChI is InChI=1S/C21H40O6/c1-20(2)21(22)27-19-11-10-18-26-17-9-8-16-25-15-7-6-14-24-13-5-4-12-23-3/h1,4-19H2,2-3H3. The molecular weight excluding hydrogens is 348 g/mol. The van der Waals surface area contributed by atoms with Gasteiger partial charge in [0.05, 0.1) is 6.61 Å². The Morgan fingerprint density at radius 3 is 1.30 bits per heavy atom. The number of methoxy groups -OCH3 is 1. The van der Waals surface area contributed by atoms with Crippen LogP contribution in [-0.4, -0.2) is 65.9 Å². The summed E-state index contributed by atoms with van der Waals surface area (Å²) in [5, 5.41) is 0. The molecule has 0 N–H and O–H groups in total. The van der Waals surface area contributed by atoms with Gasteiger partial charge in [-0.1, -0.05) is 6.58 Å². The highest BCUT2D eigenvalue weighted by molar-refractivity contribution is 5.86. The minimum absolute atomic E-state index is 0.318. The average Bonchev–Trinajstić information content (AvgIpc) is 2.66. The van der Waals surface area contributed by atoms with E-state index in [-0.39, 0.29) is 5.97 Å². The quantitative estimate of drug-likeness (QED) is 0.169. The van der Waals surface area contributed by atoms with Crippen LogP contribution in [0, 0.1) is 0 Å². The summed E-state index contributed by atoms with van der Waals surface area (Å²) in [5.41, 5.74) is 0.440. The largest absolute Gasteiger partial charge is 0.462 e. The van der Waals surface area contributed by atoms with Crippen molar-refractivity contribution in [3.63, 3.8) is 0 Å². The molecule has 0 amide bonds. The molecule has 0 spiro atoms. The number of esters is 1. The molecule has 0 aliphatic rings. The van der Waals surface area contributed by atoms with E-state index in [0.29, 0.717) is 18.8 Å². The Morgan fingerprint density at radius 2 is 0.963 bits per heavy atom. The highest BCUT2D eigenvalue weighted by atomic mass is 16.5. The minimum atomic E-state index is -0.318. The van der Waals surface area contributed by atoms with Crippen molar-refractivity contribution in [2.45, 2.75) is 58.3 Å². The first kappa shape index (κ1) is 26.1. The Balaban J connectivity index is 3.05. The van der Waals surface area contributed by atoms with Crippen molar-refractivity contribution in [3.8, 4) is 0 Å². The summed E-state index contributed by atoms with van der Waals surface area (Å²) in [6.45, 7) is 11.1. The van der Waals surface area contributed by atoms with E-state index in [9.17, 15) is 4.79 Å². The van der Waals surface area contributed by atoms with Crippen LogP contribution in [0.3, 0.4) is 0 Å². The Bertz CT molecular complexity index is 346. The van der Waals surface area contributed by atoms with Crippen molar-refractivity contribution in [2.75, 3.05) is 60.0 Å². The van der Waals surface area contributed by atoms with Crippen LogP contribution >= 0.6 is 0 Å². The Kier molecular flexibility index (Phi) is 20.6. The van der Waals surface area contributed by atoms with E-state index in [1.807, 2.05) is 0 Å². The van der Waals surface area contributed by atoms with Crippen LogP contribution in [0.4, 0.5) is 0 Å². The van der Waals surface area contributed by atoms with Gasteiger partial charge in [-0.15, -0.1) is 0 Å². The van der Waals surface area contributed by atoms with Gasteiger partial charge in [0.2, 0.25) is 0 Å². The molecule has 0 aromatic heterocycles. The zero-order chi connectivity index (χ0) is 20.0. The lowest BCUT2D eigenvalue weighted by Gasteiger charge is -2.07. The van der Waals surface area contributed by atoms with Crippen LogP contribution in [0.1, 0.15) is 58.3 Å². The molecule has 0 saturated heterocycles. The number of hydrogen-bond acceptors (Lipinski definition) is 6. The molecule has 0 heterocycles. The second kappa shape index (κ2) is 21.4. The molecular formula is C21H40O6. The van der Waals surface area contributed by atoms with Gasteiger partial charge < -0.3 is 23.7 Å². The molecule has 0 aliphatic heterocycles. The Morgan fingerprint density at radius 1 is 0.630 bits per heavy atom. The van der Waals surface area contributed by atoms with Gasteiger partial charge in [0.15, 0.2) is 0 Å². The van der Waals surface area contributed by atoms with Crippen molar-refractivity contribution in [3.05, 3.63) is 12.2 Å². The van der Waals surface area contributed by atoms with E-state index in [0.717, 1.165) is 91.0 Å². The number of carbonyl (C=O) groups excluding carboxylic acids is 1. The van der Waals surface area contributed by atoms with E-state index in [2.05, 4.69) is 6.58 Å². The van der Waals surface area contributed by atoms with Gasteiger partial charge >= 0.3 is 5.97 Å². The summed E-state index contributed by atoms with van der Waals surface area (Å²) in [4.78, 5) is 11.2. The molecule has 27 heavy (non-hydrogen) atoms. The highest BCUT2D eigenvalue weighted by Crippen LogP contribution is 1.99. The molecule has 0 radical (unpaired) electrons. The lowest BCUT2D eigenvalue weighted by Crippen LogP contribution is -2.07. The fourth-order valence-electron chi connectivity index (χ4n) is 2.17. The number of carbonyl (C=O) groups is 1. The maximum Gasteiger partial charge on any atom is 0.333 e. The second-order valence-electron chi connectivity index (χ2n) is 6.57. The number of hydrogen-bond donors (Lipinski definition) is 0. The molecule has 0 bridgehead atoms. The predicted molar refractivity (Wildman–Crippen MR) is 107 cm³/mol. The lowest BCUT2D eigenvalue weighted by atomic mass is 10.3. The molecule has 0 saturated carbocycles. The third-order valence-electron chi connectivity index (χ3n) is 3.81. The van der Waals surface area contributed by atoms with Gasteiger partial charge in [0, 0.05) is 58.9 Å². The summed E-state index contributed by atoms with van der Waals surface area (Å²) in [6.07, 6.45) is 7.97. The highest BCUT2D eigenvalue weighted by Gasteiger charge is 2.01. The number of unbranched alkanes of at least 4 members (excludes halogenated alkanes) is 4. The third-order valence-corrected chi connectivity index (χ3v) is 3.81. The van der Waals surface area contributed by atoms with E-state index in [4.69, 9.17) is 23.7 Å². The van der Waals surface area contributed by atoms with Gasteiger partial charge in [-0.2, -0.15) is 0 Å². The molecule has 160 valence electrons. The normalized spacial score (nSPS) is 10.9. The van der Waals surface area contributed by atoms with Crippen molar-refractivity contribution in [2.24, 2.45) is 0 Å². The SMILES string of the molecule is C=C(C)C(=O)OCCCCOCCCCOCCCCOCCCCOC. The minimum Gasteiger partial charge on any atom is -0.462 e. The first-order valence-corrected chi connectivity index (χ1v) is 10.2. The summed E-state index contributed by atoms with van der Waals surface area (Å²) < 4.78 is 26.7. The first-order valence-electron chi connectivity index (χ1n) is 10.2. The fraction of sp³-hybridized carbons (Fsp3) is 0.857. The van der Waals surface area contributed by atoms with Gasteiger partial charge in [-0.25, -0.2) is 4.79 Å². The van der Waals surface area contributed by atoms with Gasteiger partial charge in [-0.05, 0) is 58.3 Å². The zero-order valence-electron chi connectivity index (χ0n) is 17.5. The van der Waals surface area contributed by atoms with Gasteiger partial charge in [-0.3, -0.25) is 0 Å². The summed E-state index contributed by atoms with van der Waals surface area (Å²) >= 11 is 0. The van der Waals surface area contributed by atoms with E-state index in [1.54, 1.807) is 14.0 Å². The molecule has 0 rings (SSSR count). The average molecular weight is 389 g/mol. The molecule has 0 unspecified atom stereocenters. The van der Waals surface area contributed by atoms with Crippen LogP contribution in [0.5, 0.6) is 0 Å². The maximum absolute atomic E-state index is 11.2. The van der Waals surface area contributed by atoms with E-state index in [1.165, 1.54) is 0 Å². The van der Waals surface area contributed by atoms with Gasteiger partial charge in [0.1, 0.15) is 0 Å². The summed E-state index contributed by atoms with van der Waals surface area (Å²) in [5.74, 6) is -0.318. The Labute approximate surface area is 165 Å². The third kappa shape index (κ3) is 21.2. The van der Waals surface area contributed by atoms with Crippen LogP contribution < -0.4 is 0 Å². The van der Waals surface area contributed by atoms with Crippen molar-refractivity contribution >= 4 is 5.97 Å². The number of ether oxygens (including phenoxy) is 5. The molecule has 0 aromatic carbocycles. The van der Waals surface area contributed by atoms with Crippen LogP contribution in [0.25, 0.3) is 0 Å². The first-order chi connectivity index (χ1) is 13.2. The van der Waals surface area contributed by atoms with Crippen molar-refractivity contribution in [1.29, 1.82) is 0 Å². The summed E-state index contributed by atoms with van der Waals surface area (Å²) in [6, 6.07) is 0. The molecule has 0 fully saturated rings. The molecule has 6 nitrogen and oxygen atoms in total. The predicted octanol–water partition coefficient (Wildman–Crippen LogP) is 3.92. The smallest absolute Gasteiger partial charge is 0.333 e. The molecule has 6 heteroatoms. The molecule has 0 atom stereocenters. The molecule has 0 aliphatic carbocycles. The summed E-state index contributed by atoms with van der Waals surface area (Å²) in [7, 11) is 1.73. The number of rotatable bonds is 21. The topological polar surface area (TPSA) is 63.2 Å². The van der Waals surface area contributed by atoms with Gasteiger partial charge in [0.25, 0.3) is 0 Å². The van der Waals surface area contributed by atoms with E-state index >= 15 is 0 Å². The fourth-order valence-corrected chi connectivity index (χ4v) is 2.17. The van der Waals surface area contributed by atoms with Crippen molar-refractivity contribution in [1.82, 2.24) is 0 Å². The molecule has 0 aromatic rings. The maximum atomic E-state index is 11.2. The monoisotopic (exact) mass is 388 g/mol. The second-order valence-corrected chi connectivity index (χ2v) is 6.57. The van der Waals surface area contributed by atoms with E-state index < -0.39 is 0 Å². The van der Waals surface area contributed by atoms with Crippen LogP contribution in [0.15, 0.2) is 12.2 Å². The van der Waals surface area contributed by atoms with Crippen LogP contribution in [-0.2, 0) is 28.5 Å². The lowest BCUT2D eigenvalue weighted by molar-refractivity contribution is -0.139.